The van der Waals surface area contributed by atoms with Crippen LogP contribution in [0.1, 0.15) is 61.4 Å². The number of unbranched alkanes of at least 4 members (excludes halogenated alkanes) is 4. The molecular weight excluding hydrogens is 252 g/mol. The van der Waals surface area contributed by atoms with E-state index in [1.807, 2.05) is 19.1 Å². The van der Waals surface area contributed by atoms with Gasteiger partial charge in [-0.3, -0.25) is 20.4 Å². The van der Waals surface area contributed by atoms with Crippen molar-refractivity contribution in [2.45, 2.75) is 52.4 Å². The van der Waals surface area contributed by atoms with E-state index < -0.39 is 0 Å². The minimum absolute atomic E-state index is 0.137. The van der Waals surface area contributed by atoms with Gasteiger partial charge >= 0.3 is 0 Å². The van der Waals surface area contributed by atoms with Crippen molar-refractivity contribution in [2.24, 2.45) is 0 Å². The number of nitrogens with one attached hydrogen (secondary N) is 2. The van der Waals surface area contributed by atoms with Gasteiger partial charge in [0.2, 0.25) is 5.91 Å². The van der Waals surface area contributed by atoms with Crippen molar-refractivity contribution >= 4 is 11.8 Å². The summed E-state index contributed by atoms with van der Waals surface area (Å²) in [6.45, 7) is 4.08. The third-order valence-electron chi connectivity index (χ3n) is 3.10. The van der Waals surface area contributed by atoms with E-state index in [9.17, 15) is 9.59 Å². The Kier molecular flexibility index (Phi) is 7.40. The summed E-state index contributed by atoms with van der Waals surface area (Å²) in [6, 6.07) is 7.25. The molecule has 0 fully saturated rings. The summed E-state index contributed by atoms with van der Waals surface area (Å²) in [5, 5.41) is 0. The second kappa shape index (κ2) is 9.13. The first-order valence-corrected chi connectivity index (χ1v) is 7.29. The molecule has 4 nitrogen and oxygen atoms in total. The van der Waals surface area contributed by atoms with Crippen LogP contribution in [0.2, 0.25) is 0 Å². The third-order valence-corrected chi connectivity index (χ3v) is 3.10. The summed E-state index contributed by atoms with van der Waals surface area (Å²) in [7, 11) is 0. The van der Waals surface area contributed by atoms with Crippen LogP contribution in [0.25, 0.3) is 0 Å². The normalized spacial score (nSPS) is 10.1. The zero-order chi connectivity index (χ0) is 14.8. The first kappa shape index (κ1) is 16.2. The van der Waals surface area contributed by atoms with E-state index >= 15 is 0 Å². The molecule has 2 N–H and O–H groups in total. The van der Waals surface area contributed by atoms with Gasteiger partial charge in [0.25, 0.3) is 5.91 Å². The number of aryl methyl sites for hydroxylation is 1. The van der Waals surface area contributed by atoms with Gasteiger partial charge in [-0.15, -0.1) is 0 Å². The average Bonchev–Trinajstić information content (AvgIpc) is 2.44. The zero-order valence-electron chi connectivity index (χ0n) is 12.4. The van der Waals surface area contributed by atoms with Gasteiger partial charge in [-0.2, -0.15) is 0 Å². The van der Waals surface area contributed by atoms with Gasteiger partial charge in [-0.1, -0.05) is 50.3 Å². The fraction of sp³-hybridized carbons (Fsp3) is 0.500. The summed E-state index contributed by atoms with van der Waals surface area (Å²) in [5.74, 6) is -0.421. The van der Waals surface area contributed by atoms with E-state index in [1.165, 1.54) is 19.3 Å². The molecule has 1 aromatic carbocycles. The molecule has 1 rings (SSSR count). The SMILES string of the molecule is CCCCCCCC(=O)NNC(=O)c1cccc(C)c1. The number of benzene rings is 1. The van der Waals surface area contributed by atoms with E-state index in [4.69, 9.17) is 0 Å². The Balaban J connectivity index is 2.22. The quantitative estimate of drug-likeness (QED) is 0.594. The summed E-state index contributed by atoms with van der Waals surface area (Å²) < 4.78 is 0. The van der Waals surface area contributed by atoms with Crippen molar-refractivity contribution < 1.29 is 9.59 Å². The van der Waals surface area contributed by atoms with Gasteiger partial charge in [-0.05, 0) is 25.5 Å². The molecule has 0 radical (unpaired) electrons. The predicted molar refractivity (Wildman–Crippen MR) is 80.2 cm³/mol. The maximum atomic E-state index is 11.8. The first-order valence-electron chi connectivity index (χ1n) is 7.29. The second-order valence-corrected chi connectivity index (χ2v) is 5.04. The summed E-state index contributed by atoms with van der Waals surface area (Å²) in [6.07, 6.45) is 5.96. The van der Waals surface area contributed by atoms with Crippen LogP contribution in [-0.4, -0.2) is 11.8 Å². The molecule has 0 aliphatic heterocycles. The van der Waals surface area contributed by atoms with Gasteiger partial charge < -0.3 is 0 Å². The Morgan fingerprint density at radius 3 is 2.50 bits per heavy atom. The lowest BCUT2D eigenvalue weighted by atomic mass is 10.1. The molecule has 1 aromatic rings. The Morgan fingerprint density at radius 2 is 1.80 bits per heavy atom. The Morgan fingerprint density at radius 1 is 1.05 bits per heavy atom. The Labute approximate surface area is 120 Å². The molecule has 0 aliphatic carbocycles. The van der Waals surface area contributed by atoms with Gasteiger partial charge in [0.15, 0.2) is 0 Å². The minimum atomic E-state index is -0.284. The van der Waals surface area contributed by atoms with E-state index in [0.29, 0.717) is 12.0 Å². The lowest BCUT2D eigenvalue weighted by molar-refractivity contribution is -0.122. The topological polar surface area (TPSA) is 58.2 Å². The number of carbonyl (C=O) groups excluding carboxylic acids is 2. The molecule has 2 amide bonds. The maximum Gasteiger partial charge on any atom is 0.269 e. The van der Waals surface area contributed by atoms with Crippen LogP contribution < -0.4 is 10.9 Å². The Hall–Kier alpha value is -1.84. The smallest absolute Gasteiger partial charge is 0.269 e. The molecule has 0 bridgehead atoms. The van der Waals surface area contributed by atoms with Crippen molar-refractivity contribution in [1.82, 2.24) is 10.9 Å². The van der Waals surface area contributed by atoms with Crippen molar-refractivity contribution in [1.29, 1.82) is 0 Å². The van der Waals surface area contributed by atoms with E-state index in [1.54, 1.807) is 12.1 Å². The van der Waals surface area contributed by atoms with Crippen LogP contribution >= 0.6 is 0 Å². The number of hydrogen-bond acceptors (Lipinski definition) is 2. The van der Waals surface area contributed by atoms with E-state index in [2.05, 4.69) is 17.8 Å². The number of carbonyl (C=O) groups is 2. The molecule has 0 heterocycles. The van der Waals surface area contributed by atoms with Gasteiger partial charge in [0, 0.05) is 12.0 Å². The molecule has 4 heteroatoms. The largest absolute Gasteiger partial charge is 0.273 e. The van der Waals surface area contributed by atoms with Crippen LogP contribution in [0.3, 0.4) is 0 Å². The molecule has 0 spiro atoms. The average molecular weight is 276 g/mol. The zero-order valence-corrected chi connectivity index (χ0v) is 12.4. The van der Waals surface area contributed by atoms with E-state index in [0.717, 1.165) is 18.4 Å². The molecule has 0 saturated heterocycles. The van der Waals surface area contributed by atoms with Crippen LogP contribution in [-0.2, 0) is 4.79 Å². The predicted octanol–water partition coefficient (Wildman–Crippen LogP) is 3.12. The van der Waals surface area contributed by atoms with Crippen molar-refractivity contribution in [3.63, 3.8) is 0 Å². The number of amides is 2. The van der Waals surface area contributed by atoms with Crippen LogP contribution in [0.5, 0.6) is 0 Å². The van der Waals surface area contributed by atoms with Crippen molar-refractivity contribution in [3.8, 4) is 0 Å². The Bertz CT molecular complexity index is 444. The van der Waals surface area contributed by atoms with Gasteiger partial charge in [0.05, 0.1) is 0 Å². The maximum absolute atomic E-state index is 11.8. The molecule has 0 unspecified atom stereocenters. The van der Waals surface area contributed by atoms with Gasteiger partial charge in [0.1, 0.15) is 0 Å². The van der Waals surface area contributed by atoms with Crippen LogP contribution in [0.15, 0.2) is 24.3 Å². The second-order valence-electron chi connectivity index (χ2n) is 5.04. The van der Waals surface area contributed by atoms with Crippen LogP contribution in [0, 0.1) is 6.92 Å². The lowest BCUT2D eigenvalue weighted by Crippen LogP contribution is -2.41. The summed E-state index contributed by atoms with van der Waals surface area (Å²) in [4.78, 5) is 23.3. The van der Waals surface area contributed by atoms with Crippen LogP contribution in [0.4, 0.5) is 0 Å². The molecule has 0 saturated carbocycles. The highest BCUT2D eigenvalue weighted by atomic mass is 16.2. The minimum Gasteiger partial charge on any atom is -0.273 e. The fourth-order valence-electron chi connectivity index (χ4n) is 1.94. The summed E-state index contributed by atoms with van der Waals surface area (Å²) in [5.41, 5.74) is 6.46. The third kappa shape index (κ3) is 6.36. The van der Waals surface area contributed by atoms with Gasteiger partial charge in [-0.25, -0.2) is 0 Å². The fourth-order valence-corrected chi connectivity index (χ4v) is 1.94. The van der Waals surface area contributed by atoms with Crippen molar-refractivity contribution in [3.05, 3.63) is 35.4 Å². The lowest BCUT2D eigenvalue weighted by Gasteiger charge is -2.07. The summed E-state index contributed by atoms with van der Waals surface area (Å²) >= 11 is 0. The highest BCUT2D eigenvalue weighted by molar-refractivity contribution is 5.95. The number of rotatable bonds is 7. The monoisotopic (exact) mass is 276 g/mol. The number of hydrazine groups is 1. The van der Waals surface area contributed by atoms with E-state index in [-0.39, 0.29) is 11.8 Å². The standard InChI is InChI=1S/C16H24N2O2/c1-3-4-5-6-7-11-15(19)17-18-16(20)14-10-8-9-13(2)12-14/h8-10,12H,3-7,11H2,1-2H3,(H,17,19)(H,18,20). The highest BCUT2D eigenvalue weighted by Crippen LogP contribution is 2.05. The molecular formula is C16H24N2O2. The molecule has 110 valence electrons. The molecule has 0 atom stereocenters. The molecule has 20 heavy (non-hydrogen) atoms. The first-order chi connectivity index (χ1) is 9.63. The molecule has 0 aliphatic rings. The number of hydrogen-bond donors (Lipinski definition) is 2. The van der Waals surface area contributed by atoms with Crippen molar-refractivity contribution in [2.75, 3.05) is 0 Å². The molecule has 0 aromatic heterocycles. The highest BCUT2D eigenvalue weighted by Gasteiger charge is 2.07.